The molecule has 2 aromatic rings. The van der Waals surface area contributed by atoms with Gasteiger partial charge in [-0.2, -0.15) is 0 Å². The van der Waals surface area contributed by atoms with Crippen LogP contribution in [0.3, 0.4) is 0 Å². The van der Waals surface area contributed by atoms with Crippen LogP contribution in [0.1, 0.15) is 19.8 Å². The highest BCUT2D eigenvalue weighted by molar-refractivity contribution is 5.94. The third kappa shape index (κ3) is 5.18. The molecule has 0 atom stereocenters. The monoisotopic (exact) mass is 315 g/mol. The molecule has 6 heteroatoms. The molecular formula is C17H21N3O3. The number of carbonyl (C=O) groups excluding carboxylic acids is 2. The fourth-order valence-corrected chi connectivity index (χ4v) is 2.24. The van der Waals surface area contributed by atoms with E-state index in [2.05, 4.69) is 10.6 Å². The van der Waals surface area contributed by atoms with Gasteiger partial charge >= 0.3 is 0 Å². The van der Waals surface area contributed by atoms with Crippen LogP contribution < -0.4 is 15.4 Å². The van der Waals surface area contributed by atoms with Crippen LogP contribution in [0.5, 0.6) is 5.75 Å². The summed E-state index contributed by atoms with van der Waals surface area (Å²) in [5.41, 5.74) is 1.16. The highest BCUT2D eigenvalue weighted by atomic mass is 16.5. The van der Waals surface area contributed by atoms with Gasteiger partial charge in [-0.15, -0.1) is 0 Å². The van der Waals surface area contributed by atoms with Crippen molar-refractivity contribution in [1.29, 1.82) is 0 Å². The number of nitrogens with zero attached hydrogens (tertiary/aromatic N) is 1. The lowest BCUT2D eigenvalue weighted by Crippen LogP contribution is -2.13. The summed E-state index contributed by atoms with van der Waals surface area (Å²) in [5.74, 6) is 0.299. The standard InChI is InChI=1S/C17H21N3O3/c1-13(21)18-14-7-8-16(23-2)15(12-14)19-17(22)6-5-11-20-9-3-4-10-20/h3-4,7-10,12H,5-6,11H2,1-2H3,(H,18,21)(H,19,22). The third-order valence-electron chi connectivity index (χ3n) is 3.28. The molecule has 2 rings (SSSR count). The first-order chi connectivity index (χ1) is 11.1. The first kappa shape index (κ1) is 16.6. The molecule has 0 radical (unpaired) electrons. The molecule has 0 aliphatic carbocycles. The quantitative estimate of drug-likeness (QED) is 0.825. The Labute approximate surface area is 135 Å². The number of anilines is 2. The molecule has 1 heterocycles. The van der Waals surface area contributed by atoms with Gasteiger partial charge < -0.3 is 19.9 Å². The van der Waals surface area contributed by atoms with E-state index in [0.717, 1.165) is 13.0 Å². The molecule has 0 aliphatic rings. The molecule has 0 aliphatic heterocycles. The molecule has 2 N–H and O–H groups in total. The molecule has 1 aromatic carbocycles. The Morgan fingerprint density at radius 2 is 1.91 bits per heavy atom. The van der Waals surface area contributed by atoms with Crippen molar-refractivity contribution >= 4 is 23.2 Å². The Kier molecular flexibility index (Phi) is 5.80. The van der Waals surface area contributed by atoms with E-state index < -0.39 is 0 Å². The van der Waals surface area contributed by atoms with Crippen LogP contribution in [0.15, 0.2) is 42.7 Å². The van der Waals surface area contributed by atoms with E-state index in [4.69, 9.17) is 4.74 Å². The number of hydrogen-bond acceptors (Lipinski definition) is 3. The summed E-state index contributed by atoms with van der Waals surface area (Å²) in [4.78, 5) is 23.2. The molecule has 122 valence electrons. The average Bonchev–Trinajstić information content (AvgIpc) is 3.00. The topological polar surface area (TPSA) is 72.4 Å². The van der Waals surface area contributed by atoms with Crippen molar-refractivity contribution in [2.45, 2.75) is 26.3 Å². The van der Waals surface area contributed by atoms with E-state index >= 15 is 0 Å². The third-order valence-corrected chi connectivity index (χ3v) is 3.28. The van der Waals surface area contributed by atoms with Crippen LogP contribution in [-0.2, 0) is 16.1 Å². The van der Waals surface area contributed by atoms with E-state index in [1.807, 2.05) is 29.1 Å². The molecule has 2 amide bonds. The van der Waals surface area contributed by atoms with Gasteiger partial charge in [0.2, 0.25) is 11.8 Å². The second-order valence-corrected chi connectivity index (χ2v) is 5.17. The molecule has 1 aromatic heterocycles. The summed E-state index contributed by atoms with van der Waals surface area (Å²) in [6, 6.07) is 9.03. The van der Waals surface area contributed by atoms with Crippen molar-refractivity contribution in [2.75, 3.05) is 17.7 Å². The number of rotatable bonds is 7. The zero-order valence-electron chi connectivity index (χ0n) is 13.3. The minimum atomic E-state index is -0.167. The number of methoxy groups -OCH3 is 1. The fraction of sp³-hybridized carbons (Fsp3) is 0.294. The molecule has 0 saturated heterocycles. The van der Waals surface area contributed by atoms with E-state index in [1.54, 1.807) is 18.2 Å². The van der Waals surface area contributed by atoms with Crippen LogP contribution in [0, 0.1) is 0 Å². The highest BCUT2D eigenvalue weighted by Gasteiger charge is 2.09. The largest absolute Gasteiger partial charge is 0.495 e. The number of ether oxygens (including phenoxy) is 1. The number of carbonyl (C=O) groups is 2. The van der Waals surface area contributed by atoms with Crippen molar-refractivity contribution in [3.63, 3.8) is 0 Å². The van der Waals surface area contributed by atoms with Crippen molar-refractivity contribution < 1.29 is 14.3 Å². The summed E-state index contributed by atoms with van der Waals surface area (Å²) < 4.78 is 7.27. The van der Waals surface area contributed by atoms with Crippen molar-refractivity contribution in [3.05, 3.63) is 42.7 Å². The van der Waals surface area contributed by atoms with Crippen LogP contribution in [0.2, 0.25) is 0 Å². The van der Waals surface area contributed by atoms with E-state index in [0.29, 0.717) is 23.5 Å². The van der Waals surface area contributed by atoms with Crippen molar-refractivity contribution in [3.8, 4) is 5.75 Å². The molecule has 0 saturated carbocycles. The molecule has 0 spiro atoms. The smallest absolute Gasteiger partial charge is 0.224 e. The van der Waals surface area contributed by atoms with Gasteiger partial charge in [-0.25, -0.2) is 0 Å². The molecule has 23 heavy (non-hydrogen) atoms. The van der Waals surface area contributed by atoms with Crippen LogP contribution in [0.25, 0.3) is 0 Å². The molecular weight excluding hydrogens is 294 g/mol. The van der Waals surface area contributed by atoms with E-state index in [9.17, 15) is 9.59 Å². The number of aromatic nitrogens is 1. The van der Waals surface area contributed by atoms with Gasteiger partial charge in [0.15, 0.2) is 0 Å². The summed E-state index contributed by atoms with van der Waals surface area (Å²) in [6.07, 6.45) is 5.09. The second-order valence-electron chi connectivity index (χ2n) is 5.17. The second kappa shape index (κ2) is 8.03. The van der Waals surface area contributed by atoms with Crippen LogP contribution in [0.4, 0.5) is 11.4 Å². The fourth-order valence-electron chi connectivity index (χ4n) is 2.24. The van der Waals surface area contributed by atoms with Gasteiger partial charge in [-0.1, -0.05) is 0 Å². The first-order valence-corrected chi connectivity index (χ1v) is 7.44. The average molecular weight is 315 g/mol. The van der Waals surface area contributed by atoms with Gasteiger partial charge in [0.05, 0.1) is 12.8 Å². The number of benzene rings is 1. The Morgan fingerprint density at radius 3 is 2.57 bits per heavy atom. The predicted octanol–water partition coefficient (Wildman–Crippen LogP) is 2.87. The van der Waals surface area contributed by atoms with E-state index in [1.165, 1.54) is 14.0 Å². The maximum atomic E-state index is 12.1. The van der Waals surface area contributed by atoms with E-state index in [-0.39, 0.29) is 11.8 Å². The SMILES string of the molecule is COc1ccc(NC(C)=O)cc1NC(=O)CCCn1cccc1. The first-order valence-electron chi connectivity index (χ1n) is 7.44. The van der Waals surface area contributed by atoms with Crippen molar-refractivity contribution in [1.82, 2.24) is 4.57 Å². The molecule has 0 unspecified atom stereocenters. The van der Waals surface area contributed by atoms with Crippen molar-refractivity contribution in [2.24, 2.45) is 0 Å². The lowest BCUT2D eigenvalue weighted by atomic mass is 10.2. The maximum absolute atomic E-state index is 12.1. The normalized spacial score (nSPS) is 10.2. The number of nitrogens with one attached hydrogen (secondary N) is 2. The lowest BCUT2D eigenvalue weighted by molar-refractivity contribution is -0.116. The molecule has 6 nitrogen and oxygen atoms in total. The Balaban J connectivity index is 1.93. The minimum Gasteiger partial charge on any atom is -0.495 e. The lowest BCUT2D eigenvalue weighted by Gasteiger charge is -2.12. The summed E-state index contributed by atoms with van der Waals surface area (Å²) in [7, 11) is 1.54. The summed E-state index contributed by atoms with van der Waals surface area (Å²) in [5, 5.41) is 5.51. The summed E-state index contributed by atoms with van der Waals surface area (Å²) >= 11 is 0. The number of hydrogen-bond donors (Lipinski definition) is 2. The van der Waals surface area contributed by atoms with Gasteiger partial charge in [0, 0.05) is 38.0 Å². The maximum Gasteiger partial charge on any atom is 0.224 e. The number of aryl methyl sites for hydroxylation is 1. The van der Waals surface area contributed by atoms with Gasteiger partial charge in [0.1, 0.15) is 5.75 Å². The highest BCUT2D eigenvalue weighted by Crippen LogP contribution is 2.28. The summed E-state index contributed by atoms with van der Waals surface area (Å²) in [6.45, 7) is 2.23. The molecule has 0 fully saturated rings. The molecule has 0 bridgehead atoms. The van der Waals surface area contributed by atoms with Crippen LogP contribution >= 0.6 is 0 Å². The zero-order valence-corrected chi connectivity index (χ0v) is 13.3. The minimum absolute atomic E-state index is 0.0876. The van der Waals surface area contributed by atoms with Gasteiger partial charge in [0.25, 0.3) is 0 Å². The Morgan fingerprint density at radius 1 is 1.17 bits per heavy atom. The zero-order chi connectivity index (χ0) is 16.7. The Hall–Kier alpha value is -2.76. The van der Waals surface area contributed by atoms with Crippen LogP contribution in [-0.4, -0.2) is 23.5 Å². The van der Waals surface area contributed by atoms with Gasteiger partial charge in [-0.05, 0) is 36.8 Å². The van der Waals surface area contributed by atoms with Gasteiger partial charge in [-0.3, -0.25) is 9.59 Å². The number of amides is 2. The Bertz CT molecular complexity index is 666. The predicted molar refractivity (Wildman–Crippen MR) is 89.6 cm³/mol.